The molecule has 3 nitrogen and oxygen atoms in total. The number of pyridine rings is 1. The predicted octanol–water partition coefficient (Wildman–Crippen LogP) is 7.25. The first-order chi connectivity index (χ1) is 15.9. The van der Waals surface area contributed by atoms with E-state index < -0.39 is 0 Å². The summed E-state index contributed by atoms with van der Waals surface area (Å²) in [6.07, 6.45) is 0. The molecule has 0 atom stereocenters. The molecule has 32 heavy (non-hydrogen) atoms. The normalized spacial score (nSPS) is 11.8. The van der Waals surface area contributed by atoms with Crippen molar-refractivity contribution in [2.45, 2.75) is 0 Å². The van der Waals surface area contributed by atoms with Crippen LogP contribution < -0.4 is 0 Å². The van der Waals surface area contributed by atoms with E-state index in [2.05, 4.69) is 118 Å². The summed E-state index contributed by atoms with van der Waals surface area (Å²) >= 11 is 0. The van der Waals surface area contributed by atoms with Crippen molar-refractivity contribution in [3.63, 3.8) is 0 Å². The maximum atomic E-state index is 4.89. The highest BCUT2D eigenvalue weighted by Gasteiger charge is 2.17. The molecule has 150 valence electrons. The molecular weight excluding hydrogens is 390 g/mol. The number of rotatable bonds is 2. The molecule has 0 aliphatic rings. The molecule has 0 N–H and O–H groups in total. The van der Waals surface area contributed by atoms with Gasteiger partial charge in [-0.15, -0.1) is 0 Å². The topological polar surface area (TPSA) is 22.2 Å². The van der Waals surface area contributed by atoms with E-state index in [4.69, 9.17) is 4.98 Å². The summed E-state index contributed by atoms with van der Waals surface area (Å²) in [7, 11) is 0. The SMILES string of the molecule is c1ccc(-c2cccc(-n3c4ccccc4c4ccc5nc6ccccc6n5c43)c2)cc1. The Morgan fingerprint density at radius 2 is 1.28 bits per heavy atom. The lowest BCUT2D eigenvalue weighted by molar-refractivity contribution is 1.11. The van der Waals surface area contributed by atoms with Crippen molar-refractivity contribution in [3.05, 3.63) is 115 Å². The van der Waals surface area contributed by atoms with Gasteiger partial charge in [0, 0.05) is 16.5 Å². The van der Waals surface area contributed by atoms with Crippen LogP contribution >= 0.6 is 0 Å². The molecule has 0 amide bonds. The molecule has 0 saturated carbocycles. The molecular formula is C29H19N3. The highest BCUT2D eigenvalue weighted by Crippen LogP contribution is 2.35. The third kappa shape index (κ3) is 2.39. The summed E-state index contributed by atoms with van der Waals surface area (Å²) in [5.74, 6) is 0. The Kier molecular flexibility index (Phi) is 3.55. The maximum absolute atomic E-state index is 4.89. The van der Waals surface area contributed by atoms with Crippen LogP contribution in [-0.4, -0.2) is 14.0 Å². The molecule has 0 saturated heterocycles. The number of hydrogen-bond acceptors (Lipinski definition) is 1. The summed E-state index contributed by atoms with van der Waals surface area (Å²) in [5, 5.41) is 2.47. The van der Waals surface area contributed by atoms with E-state index in [1.165, 1.54) is 27.4 Å². The lowest BCUT2D eigenvalue weighted by atomic mass is 10.1. The number of fused-ring (bicyclic) bond motifs is 7. The highest BCUT2D eigenvalue weighted by molar-refractivity contribution is 6.09. The van der Waals surface area contributed by atoms with Crippen LogP contribution in [0.15, 0.2) is 115 Å². The quantitative estimate of drug-likeness (QED) is 0.295. The van der Waals surface area contributed by atoms with Crippen molar-refractivity contribution < 1.29 is 0 Å². The monoisotopic (exact) mass is 409 g/mol. The first-order valence-corrected chi connectivity index (χ1v) is 10.8. The van der Waals surface area contributed by atoms with Crippen molar-refractivity contribution >= 4 is 38.6 Å². The minimum absolute atomic E-state index is 0.960. The molecule has 7 rings (SSSR count). The van der Waals surface area contributed by atoms with Crippen LogP contribution in [-0.2, 0) is 0 Å². The number of nitrogens with zero attached hydrogens (tertiary/aromatic N) is 3. The van der Waals surface area contributed by atoms with Crippen molar-refractivity contribution in [2.24, 2.45) is 0 Å². The second kappa shape index (κ2) is 6.56. The van der Waals surface area contributed by atoms with Gasteiger partial charge in [0.1, 0.15) is 11.3 Å². The van der Waals surface area contributed by atoms with E-state index in [0.717, 1.165) is 28.0 Å². The van der Waals surface area contributed by atoms with E-state index in [-0.39, 0.29) is 0 Å². The van der Waals surface area contributed by atoms with Gasteiger partial charge in [0.15, 0.2) is 0 Å². The molecule has 3 heterocycles. The fraction of sp³-hybridized carbons (Fsp3) is 0. The van der Waals surface area contributed by atoms with Crippen molar-refractivity contribution in [2.75, 3.05) is 0 Å². The van der Waals surface area contributed by atoms with Gasteiger partial charge < -0.3 is 0 Å². The summed E-state index contributed by atoms with van der Waals surface area (Å²) < 4.78 is 4.66. The molecule has 0 aliphatic heterocycles. The molecule has 0 bridgehead atoms. The summed E-state index contributed by atoms with van der Waals surface area (Å²) in [4.78, 5) is 4.89. The number of hydrogen-bond donors (Lipinski definition) is 0. The van der Waals surface area contributed by atoms with Gasteiger partial charge in [-0.25, -0.2) is 4.98 Å². The Morgan fingerprint density at radius 3 is 2.19 bits per heavy atom. The largest absolute Gasteiger partial charge is 0.295 e. The molecule has 0 spiro atoms. The van der Waals surface area contributed by atoms with Gasteiger partial charge in [-0.05, 0) is 53.6 Å². The number of benzene rings is 4. The Morgan fingerprint density at radius 1 is 0.531 bits per heavy atom. The van der Waals surface area contributed by atoms with Gasteiger partial charge >= 0.3 is 0 Å². The van der Waals surface area contributed by atoms with Crippen LogP contribution in [0.5, 0.6) is 0 Å². The highest BCUT2D eigenvalue weighted by atomic mass is 15.1. The summed E-state index contributed by atoms with van der Waals surface area (Å²) in [6.45, 7) is 0. The van der Waals surface area contributed by atoms with Crippen LogP contribution in [0, 0.1) is 0 Å². The van der Waals surface area contributed by atoms with Crippen molar-refractivity contribution in [3.8, 4) is 16.8 Å². The van der Waals surface area contributed by atoms with E-state index in [9.17, 15) is 0 Å². The van der Waals surface area contributed by atoms with Crippen LogP contribution in [0.25, 0.3) is 55.4 Å². The molecule has 0 unspecified atom stereocenters. The zero-order valence-electron chi connectivity index (χ0n) is 17.3. The minimum atomic E-state index is 0.960. The number of imidazole rings is 1. The lowest BCUT2D eigenvalue weighted by Crippen LogP contribution is -1.99. The van der Waals surface area contributed by atoms with Gasteiger partial charge in [0.2, 0.25) is 0 Å². The van der Waals surface area contributed by atoms with Crippen LogP contribution in [0.3, 0.4) is 0 Å². The van der Waals surface area contributed by atoms with Gasteiger partial charge in [0.05, 0.1) is 16.6 Å². The smallest absolute Gasteiger partial charge is 0.139 e. The van der Waals surface area contributed by atoms with E-state index in [1.807, 2.05) is 6.07 Å². The molecule has 7 aromatic rings. The second-order valence-corrected chi connectivity index (χ2v) is 8.13. The second-order valence-electron chi connectivity index (χ2n) is 8.13. The molecule has 4 aromatic carbocycles. The first-order valence-electron chi connectivity index (χ1n) is 10.8. The Labute approximate surface area is 184 Å². The molecule has 0 fully saturated rings. The average Bonchev–Trinajstić information content (AvgIpc) is 3.40. The zero-order chi connectivity index (χ0) is 21.1. The fourth-order valence-corrected chi connectivity index (χ4v) is 4.89. The van der Waals surface area contributed by atoms with Gasteiger partial charge in [-0.1, -0.05) is 72.8 Å². The van der Waals surface area contributed by atoms with Gasteiger partial charge in [0.25, 0.3) is 0 Å². The average molecular weight is 409 g/mol. The summed E-state index contributed by atoms with van der Waals surface area (Å²) in [5.41, 5.74) is 8.99. The molecule has 0 aliphatic carbocycles. The lowest BCUT2D eigenvalue weighted by Gasteiger charge is -2.11. The van der Waals surface area contributed by atoms with Crippen LogP contribution in [0.1, 0.15) is 0 Å². The minimum Gasteiger partial charge on any atom is -0.295 e. The van der Waals surface area contributed by atoms with E-state index in [1.54, 1.807) is 0 Å². The summed E-state index contributed by atoms with van der Waals surface area (Å²) in [6, 6.07) is 40.7. The fourth-order valence-electron chi connectivity index (χ4n) is 4.89. The third-order valence-corrected chi connectivity index (χ3v) is 6.30. The van der Waals surface area contributed by atoms with E-state index in [0.29, 0.717) is 0 Å². The third-order valence-electron chi connectivity index (χ3n) is 6.30. The standard InChI is InChI=1S/C29H19N3/c1-2-9-20(10-3-1)21-11-8-12-22(19-21)31-26-15-6-4-13-23(26)24-17-18-28-30-25-14-5-7-16-27(25)32(28)29(24)31/h1-19H. The van der Waals surface area contributed by atoms with Crippen LogP contribution in [0.2, 0.25) is 0 Å². The Balaban J connectivity index is 1.65. The number of para-hydroxylation sites is 3. The van der Waals surface area contributed by atoms with Crippen molar-refractivity contribution in [1.82, 2.24) is 14.0 Å². The van der Waals surface area contributed by atoms with Gasteiger partial charge in [-0.3, -0.25) is 8.97 Å². The first kappa shape index (κ1) is 17.3. The molecule has 0 radical (unpaired) electrons. The van der Waals surface area contributed by atoms with Crippen LogP contribution in [0.4, 0.5) is 0 Å². The molecule has 3 heteroatoms. The van der Waals surface area contributed by atoms with E-state index >= 15 is 0 Å². The number of aromatic nitrogens is 3. The maximum Gasteiger partial charge on any atom is 0.139 e. The zero-order valence-corrected chi connectivity index (χ0v) is 17.3. The van der Waals surface area contributed by atoms with Gasteiger partial charge in [-0.2, -0.15) is 0 Å². The Bertz CT molecular complexity index is 1770. The van der Waals surface area contributed by atoms with Crippen molar-refractivity contribution in [1.29, 1.82) is 0 Å². The Hall–Kier alpha value is -4.37. The molecule has 3 aromatic heterocycles. The predicted molar refractivity (Wildman–Crippen MR) is 132 cm³/mol.